The summed E-state index contributed by atoms with van der Waals surface area (Å²) in [7, 11) is 0. The second-order valence-electron chi connectivity index (χ2n) is 7.17. The van der Waals surface area contributed by atoms with Crippen LogP contribution in [0.4, 0.5) is 5.69 Å². The molecule has 0 atom stereocenters. The van der Waals surface area contributed by atoms with E-state index in [0.29, 0.717) is 23.0 Å². The van der Waals surface area contributed by atoms with Crippen LogP contribution in [0.15, 0.2) is 72.1 Å². The third-order valence-electron chi connectivity index (χ3n) is 4.99. The van der Waals surface area contributed by atoms with Crippen LogP contribution in [0.25, 0.3) is 0 Å². The summed E-state index contributed by atoms with van der Waals surface area (Å²) in [5, 5.41) is 7.20. The van der Waals surface area contributed by atoms with E-state index in [2.05, 4.69) is 5.10 Å². The molecule has 6 heteroatoms. The number of amides is 1. The Kier molecular flexibility index (Phi) is 6.02. The van der Waals surface area contributed by atoms with Crippen molar-refractivity contribution in [2.24, 2.45) is 0 Å². The zero-order valence-corrected chi connectivity index (χ0v) is 18.5. The van der Waals surface area contributed by atoms with Crippen LogP contribution in [0.5, 0.6) is 0 Å². The summed E-state index contributed by atoms with van der Waals surface area (Å²) >= 11 is 7.73. The van der Waals surface area contributed by atoms with Crippen LogP contribution in [0.3, 0.4) is 0 Å². The third kappa shape index (κ3) is 4.32. The van der Waals surface area contributed by atoms with Crippen LogP contribution < -0.4 is 4.90 Å². The van der Waals surface area contributed by atoms with Crippen molar-refractivity contribution in [1.82, 2.24) is 9.78 Å². The van der Waals surface area contributed by atoms with Crippen LogP contribution >= 0.6 is 22.9 Å². The lowest BCUT2D eigenvalue weighted by atomic mass is 10.2. The second kappa shape index (κ2) is 8.86. The van der Waals surface area contributed by atoms with Gasteiger partial charge in [-0.2, -0.15) is 5.10 Å². The first kappa shape index (κ1) is 20.4. The van der Waals surface area contributed by atoms with Crippen LogP contribution in [-0.2, 0) is 13.1 Å². The van der Waals surface area contributed by atoms with Crippen molar-refractivity contribution in [3.63, 3.8) is 0 Å². The summed E-state index contributed by atoms with van der Waals surface area (Å²) in [6.07, 6.45) is 0. The average Bonchev–Trinajstić information content (AvgIpc) is 3.34. The molecule has 0 aliphatic carbocycles. The Hall–Kier alpha value is -2.89. The number of aromatic nitrogens is 2. The van der Waals surface area contributed by atoms with Crippen molar-refractivity contribution in [2.45, 2.75) is 26.9 Å². The number of aryl methyl sites for hydroxylation is 1. The molecule has 0 unspecified atom stereocenters. The number of hydrogen-bond donors (Lipinski definition) is 0. The van der Waals surface area contributed by atoms with Crippen molar-refractivity contribution in [2.75, 3.05) is 4.90 Å². The third-order valence-corrected chi connectivity index (χ3v) is 6.50. The minimum Gasteiger partial charge on any atom is -0.303 e. The van der Waals surface area contributed by atoms with E-state index in [4.69, 9.17) is 11.6 Å². The quantitative estimate of drug-likeness (QED) is 0.366. The largest absolute Gasteiger partial charge is 0.303 e. The summed E-state index contributed by atoms with van der Waals surface area (Å²) in [4.78, 5) is 16.0. The summed E-state index contributed by atoms with van der Waals surface area (Å²) in [6.45, 7) is 4.96. The monoisotopic (exact) mass is 435 g/mol. The Morgan fingerprint density at radius 1 is 1.03 bits per heavy atom. The van der Waals surface area contributed by atoms with Gasteiger partial charge >= 0.3 is 0 Å². The van der Waals surface area contributed by atoms with Crippen molar-refractivity contribution < 1.29 is 4.79 Å². The fourth-order valence-electron chi connectivity index (χ4n) is 3.36. The van der Waals surface area contributed by atoms with Gasteiger partial charge in [0.05, 0.1) is 34.4 Å². The molecule has 0 N–H and O–H groups in total. The summed E-state index contributed by atoms with van der Waals surface area (Å²) in [5.41, 5.74) is 4.76. The number of thiophene rings is 1. The molecule has 0 aliphatic rings. The first-order chi connectivity index (χ1) is 14.5. The zero-order chi connectivity index (χ0) is 21.1. The standard InChI is InChI=1S/C24H22ClN3OS/c1-17-23(25)18(2)28(26-17)15-20-13-22(30-16-20)24(29)27(21-11-7-4-8-12-21)14-19-9-5-3-6-10-19/h3-13,16H,14-15H2,1-2H3. The molecular weight excluding hydrogens is 414 g/mol. The SMILES string of the molecule is Cc1nn(Cc2csc(C(=O)N(Cc3ccccc3)c3ccccc3)c2)c(C)c1Cl. The number of para-hydroxylation sites is 1. The Morgan fingerprint density at radius 3 is 2.33 bits per heavy atom. The van der Waals surface area contributed by atoms with Crippen molar-refractivity contribution >= 4 is 34.5 Å². The van der Waals surface area contributed by atoms with Gasteiger partial charge in [0.2, 0.25) is 0 Å². The molecule has 0 spiro atoms. The highest BCUT2D eigenvalue weighted by Gasteiger charge is 2.20. The summed E-state index contributed by atoms with van der Waals surface area (Å²) in [5.74, 6) is -0.00676. The van der Waals surface area contributed by atoms with Gasteiger partial charge in [-0.25, -0.2) is 0 Å². The molecule has 30 heavy (non-hydrogen) atoms. The number of benzene rings is 2. The molecule has 0 saturated heterocycles. The summed E-state index contributed by atoms with van der Waals surface area (Å²) in [6, 6.07) is 21.8. The van der Waals surface area contributed by atoms with Crippen molar-refractivity contribution in [3.05, 3.63) is 105 Å². The molecule has 4 aromatic rings. The van der Waals surface area contributed by atoms with E-state index >= 15 is 0 Å². The Balaban J connectivity index is 1.59. The smallest absolute Gasteiger partial charge is 0.268 e. The van der Waals surface area contributed by atoms with Crippen LogP contribution in [0, 0.1) is 13.8 Å². The van der Waals surface area contributed by atoms with Gasteiger partial charge in [-0.3, -0.25) is 9.48 Å². The normalized spacial score (nSPS) is 10.9. The lowest BCUT2D eigenvalue weighted by molar-refractivity contribution is 0.0989. The lowest BCUT2D eigenvalue weighted by Crippen LogP contribution is -2.29. The maximum Gasteiger partial charge on any atom is 0.268 e. The number of nitrogens with zero attached hydrogens (tertiary/aromatic N) is 3. The second-order valence-corrected chi connectivity index (χ2v) is 8.46. The minimum absolute atomic E-state index is 0.00676. The number of hydrogen-bond acceptors (Lipinski definition) is 3. The molecule has 0 fully saturated rings. The number of carbonyl (C=O) groups excluding carboxylic acids is 1. The molecule has 2 aromatic heterocycles. The number of rotatable bonds is 6. The molecule has 0 aliphatic heterocycles. The molecule has 4 rings (SSSR count). The average molecular weight is 436 g/mol. The molecule has 0 saturated carbocycles. The molecule has 0 radical (unpaired) electrons. The van der Waals surface area contributed by atoms with Gasteiger partial charge in [0.1, 0.15) is 0 Å². The molecular formula is C24H22ClN3OS. The van der Waals surface area contributed by atoms with Crippen LogP contribution in [0.2, 0.25) is 5.02 Å². The Morgan fingerprint density at radius 2 is 1.70 bits per heavy atom. The van der Waals surface area contributed by atoms with Gasteiger partial charge in [0.25, 0.3) is 5.91 Å². The van der Waals surface area contributed by atoms with Crippen molar-refractivity contribution in [3.8, 4) is 0 Å². The van der Waals surface area contributed by atoms with E-state index in [1.807, 2.05) is 95.5 Å². The molecule has 152 valence electrons. The zero-order valence-electron chi connectivity index (χ0n) is 16.9. The molecule has 1 amide bonds. The lowest BCUT2D eigenvalue weighted by Gasteiger charge is -2.22. The van der Waals surface area contributed by atoms with Gasteiger partial charge in [-0.05, 0) is 48.6 Å². The first-order valence-electron chi connectivity index (χ1n) is 9.70. The molecule has 2 aromatic carbocycles. The Labute approximate surface area is 185 Å². The van der Waals surface area contributed by atoms with E-state index in [-0.39, 0.29) is 5.91 Å². The van der Waals surface area contributed by atoms with Crippen LogP contribution in [-0.4, -0.2) is 15.7 Å². The van der Waals surface area contributed by atoms with Gasteiger partial charge in [0, 0.05) is 5.69 Å². The van der Waals surface area contributed by atoms with E-state index in [1.165, 1.54) is 11.3 Å². The van der Waals surface area contributed by atoms with Gasteiger partial charge in [-0.15, -0.1) is 11.3 Å². The topological polar surface area (TPSA) is 38.1 Å². The molecule has 4 nitrogen and oxygen atoms in total. The van der Waals surface area contributed by atoms with E-state index in [1.54, 1.807) is 0 Å². The number of anilines is 1. The van der Waals surface area contributed by atoms with Gasteiger partial charge in [0.15, 0.2) is 0 Å². The first-order valence-corrected chi connectivity index (χ1v) is 11.0. The van der Waals surface area contributed by atoms with Gasteiger partial charge in [-0.1, -0.05) is 60.1 Å². The van der Waals surface area contributed by atoms with Crippen LogP contribution in [0.1, 0.15) is 32.2 Å². The molecule has 2 heterocycles. The fraction of sp³-hybridized carbons (Fsp3) is 0.167. The minimum atomic E-state index is -0.00676. The fourth-order valence-corrected chi connectivity index (χ4v) is 4.35. The maximum atomic E-state index is 13.4. The van der Waals surface area contributed by atoms with E-state index in [0.717, 1.165) is 28.2 Å². The highest BCUT2D eigenvalue weighted by Crippen LogP contribution is 2.25. The predicted octanol–water partition coefficient (Wildman–Crippen LogP) is 6.11. The predicted molar refractivity (Wildman–Crippen MR) is 124 cm³/mol. The number of carbonyl (C=O) groups is 1. The van der Waals surface area contributed by atoms with Gasteiger partial charge < -0.3 is 4.90 Å². The summed E-state index contributed by atoms with van der Waals surface area (Å²) < 4.78 is 1.88. The Bertz CT molecular complexity index is 1150. The van der Waals surface area contributed by atoms with E-state index < -0.39 is 0 Å². The highest BCUT2D eigenvalue weighted by molar-refractivity contribution is 7.12. The van der Waals surface area contributed by atoms with Crippen molar-refractivity contribution in [1.29, 1.82) is 0 Å². The van der Waals surface area contributed by atoms with E-state index in [9.17, 15) is 4.79 Å². The number of halogens is 1. The maximum absolute atomic E-state index is 13.4. The highest BCUT2D eigenvalue weighted by atomic mass is 35.5. The molecule has 0 bridgehead atoms.